The van der Waals surface area contributed by atoms with Crippen LogP contribution in [0.5, 0.6) is 0 Å². The number of rotatable bonds is 10. The van der Waals surface area contributed by atoms with Crippen LogP contribution < -0.4 is 0 Å². The van der Waals surface area contributed by atoms with Crippen molar-refractivity contribution in [3.63, 3.8) is 0 Å². The summed E-state index contributed by atoms with van der Waals surface area (Å²) in [7, 11) is 0. The van der Waals surface area contributed by atoms with E-state index in [-0.39, 0.29) is 17.2 Å². The van der Waals surface area contributed by atoms with Gasteiger partial charge in [-0.05, 0) is 43.7 Å². The Morgan fingerprint density at radius 3 is 2.62 bits per heavy atom. The highest BCUT2D eigenvalue weighted by Crippen LogP contribution is 2.42. The molecular weight excluding hydrogens is 366 g/mol. The molecule has 0 aromatic carbocycles. The third-order valence-electron chi connectivity index (χ3n) is 6.61. The Kier molecular flexibility index (Phi) is 7.14. The van der Waals surface area contributed by atoms with E-state index in [4.69, 9.17) is 9.83 Å². The van der Waals surface area contributed by atoms with Gasteiger partial charge in [-0.15, -0.1) is 0 Å². The first-order valence-electron chi connectivity index (χ1n) is 11.2. The summed E-state index contributed by atoms with van der Waals surface area (Å²) < 4.78 is 5.23. The molecule has 160 valence electrons. The molecule has 6 nitrogen and oxygen atoms in total. The highest BCUT2D eigenvalue weighted by atomic mass is 16.3. The smallest absolute Gasteiger partial charge is 0.289 e. The summed E-state index contributed by atoms with van der Waals surface area (Å²) in [5.74, 6) is 1.37. The van der Waals surface area contributed by atoms with E-state index >= 15 is 0 Å². The Hall–Kier alpha value is -2.11. The number of nitrogens with zero attached hydrogens (tertiary/aromatic N) is 2. The summed E-state index contributed by atoms with van der Waals surface area (Å²) in [4.78, 5) is 29.3. The summed E-state index contributed by atoms with van der Waals surface area (Å²) >= 11 is 0. The first-order chi connectivity index (χ1) is 14.0. The number of amides is 2. The van der Waals surface area contributed by atoms with E-state index in [1.54, 1.807) is 17.0 Å². The lowest BCUT2D eigenvalue weighted by Crippen LogP contribution is -2.37. The minimum atomic E-state index is -0.347. The molecule has 0 spiro atoms. The molecule has 2 fully saturated rings. The van der Waals surface area contributed by atoms with Crippen LogP contribution in [0.4, 0.5) is 0 Å². The normalized spacial score (nSPS) is 21.4. The summed E-state index contributed by atoms with van der Waals surface area (Å²) in [6.07, 6.45) is 9.95. The molecular formula is C23H35N3O3. The lowest BCUT2D eigenvalue weighted by atomic mass is 9.77. The van der Waals surface area contributed by atoms with Crippen molar-refractivity contribution >= 4 is 17.6 Å². The Balaban J connectivity index is 1.55. The average Bonchev–Trinajstić information content (AvgIpc) is 3.45. The monoisotopic (exact) mass is 401 g/mol. The molecule has 2 amide bonds. The molecule has 0 bridgehead atoms. The first-order valence-corrected chi connectivity index (χ1v) is 11.2. The fourth-order valence-electron chi connectivity index (χ4n) is 4.80. The van der Waals surface area contributed by atoms with Gasteiger partial charge < -0.3 is 14.2 Å². The van der Waals surface area contributed by atoms with Crippen LogP contribution in [0.15, 0.2) is 22.8 Å². The molecule has 1 aromatic heterocycles. The standard InChI is InChI=1S/C23H35N3O3/c1-3-5-11-23(12-6-4-2)16-20(24)26(22(23)28)14-10-18-9-13-25(17-18)21(27)19-8-7-15-29-19/h7-8,15,18,24H,3-6,9-14,16-17H2,1-2H3. The zero-order valence-corrected chi connectivity index (χ0v) is 17.9. The van der Waals surface area contributed by atoms with Crippen molar-refractivity contribution in [1.82, 2.24) is 9.80 Å². The second kappa shape index (κ2) is 9.59. The Labute approximate surface area is 174 Å². The third-order valence-corrected chi connectivity index (χ3v) is 6.61. The second-order valence-electron chi connectivity index (χ2n) is 8.74. The van der Waals surface area contributed by atoms with Crippen LogP contribution in [0, 0.1) is 16.7 Å². The maximum atomic E-state index is 13.3. The average molecular weight is 402 g/mol. The van der Waals surface area contributed by atoms with Crippen LogP contribution in [0.3, 0.4) is 0 Å². The number of unbranched alkanes of at least 4 members (excludes halogenated alkanes) is 2. The molecule has 1 unspecified atom stereocenters. The van der Waals surface area contributed by atoms with Crippen LogP contribution in [-0.4, -0.2) is 47.1 Å². The fraction of sp³-hybridized carbons (Fsp3) is 0.696. The molecule has 2 aliphatic heterocycles. The third kappa shape index (κ3) is 4.73. The van der Waals surface area contributed by atoms with Crippen molar-refractivity contribution in [1.29, 1.82) is 5.41 Å². The number of furan rings is 1. The first kappa shape index (κ1) is 21.6. The number of hydrogen-bond acceptors (Lipinski definition) is 4. The minimum absolute atomic E-state index is 0.0550. The lowest BCUT2D eigenvalue weighted by molar-refractivity contribution is -0.135. The van der Waals surface area contributed by atoms with Gasteiger partial charge in [0.05, 0.1) is 11.7 Å². The van der Waals surface area contributed by atoms with Gasteiger partial charge in [-0.1, -0.05) is 39.5 Å². The van der Waals surface area contributed by atoms with Crippen LogP contribution in [0.25, 0.3) is 0 Å². The largest absolute Gasteiger partial charge is 0.459 e. The van der Waals surface area contributed by atoms with Crippen molar-refractivity contribution in [3.05, 3.63) is 24.2 Å². The molecule has 1 aromatic rings. The predicted molar refractivity (Wildman–Crippen MR) is 113 cm³/mol. The predicted octanol–water partition coefficient (Wildman–Crippen LogP) is 4.71. The summed E-state index contributed by atoms with van der Waals surface area (Å²) in [6, 6.07) is 3.43. The highest BCUT2D eigenvalue weighted by molar-refractivity contribution is 6.07. The number of carbonyl (C=O) groups is 2. The minimum Gasteiger partial charge on any atom is -0.459 e. The maximum absolute atomic E-state index is 13.3. The number of nitrogens with one attached hydrogen (secondary N) is 1. The van der Waals surface area contributed by atoms with Crippen LogP contribution in [0.1, 0.15) is 82.2 Å². The number of amidine groups is 1. The van der Waals surface area contributed by atoms with Gasteiger partial charge in [0, 0.05) is 26.1 Å². The zero-order chi connectivity index (χ0) is 20.9. The molecule has 2 saturated heterocycles. The molecule has 29 heavy (non-hydrogen) atoms. The van der Waals surface area contributed by atoms with Gasteiger partial charge in [0.1, 0.15) is 5.84 Å². The van der Waals surface area contributed by atoms with E-state index in [1.807, 2.05) is 4.90 Å². The van der Waals surface area contributed by atoms with Crippen molar-refractivity contribution in [3.8, 4) is 0 Å². The van der Waals surface area contributed by atoms with Gasteiger partial charge in [0.25, 0.3) is 5.91 Å². The van der Waals surface area contributed by atoms with Crippen molar-refractivity contribution in [2.45, 2.75) is 71.6 Å². The van der Waals surface area contributed by atoms with Crippen LogP contribution >= 0.6 is 0 Å². The quantitative estimate of drug-likeness (QED) is 0.617. The van der Waals surface area contributed by atoms with Gasteiger partial charge in [0.2, 0.25) is 5.91 Å². The van der Waals surface area contributed by atoms with E-state index < -0.39 is 0 Å². The molecule has 0 saturated carbocycles. The van der Waals surface area contributed by atoms with Crippen LogP contribution in [-0.2, 0) is 4.79 Å². The van der Waals surface area contributed by atoms with Crippen molar-refractivity contribution in [2.75, 3.05) is 19.6 Å². The molecule has 3 rings (SSSR count). The van der Waals surface area contributed by atoms with Gasteiger partial charge in [-0.3, -0.25) is 15.0 Å². The van der Waals surface area contributed by atoms with E-state index in [0.717, 1.165) is 57.9 Å². The van der Waals surface area contributed by atoms with Gasteiger partial charge in [-0.25, -0.2) is 0 Å². The molecule has 0 aliphatic carbocycles. The summed E-state index contributed by atoms with van der Waals surface area (Å²) in [5, 5.41) is 8.47. The van der Waals surface area contributed by atoms with Gasteiger partial charge in [0.15, 0.2) is 5.76 Å². The summed E-state index contributed by atoms with van der Waals surface area (Å²) in [5.41, 5.74) is -0.347. The summed E-state index contributed by atoms with van der Waals surface area (Å²) in [6.45, 7) is 6.35. The van der Waals surface area contributed by atoms with E-state index in [1.165, 1.54) is 6.26 Å². The molecule has 0 radical (unpaired) electrons. The molecule has 3 heterocycles. The van der Waals surface area contributed by atoms with E-state index in [9.17, 15) is 9.59 Å². The van der Waals surface area contributed by atoms with E-state index in [0.29, 0.717) is 37.0 Å². The number of hydrogen-bond donors (Lipinski definition) is 1. The van der Waals surface area contributed by atoms with Crippen molar-refractivity contribution < 1.29 is 14.0 Å². The topological polar surface area (TPSA) is 77.6 Å². The fourth-order valence-corrected chi connectivity index (χ4v) is 4.80. The Bertz CT molecular complexity index is 705. The maximum Gasteiger partial charge on any atom is 0.289 e. The lowest BCUT2D eigenvalue weighted by Gasteiger charge is -2.27. The van der Waals surface area contributed by atoms with Crippen molar-refractivity contribution in [2.24, 2.45) is 11.3 Å². The highest BCUT2D eigenvalue weighted by Gasteiger charge is 2.48. The Morgan fingerprint density at radius 2 is 2.00 bits per heavy atom. The molecule has 6 heteroatoms. The van der Waals surface area contributed by atoms with Crippen LogP contribution in [0.2, 0.25) is 0 Å². The molecule has 1 N–H and O–H groups in total. The van der Waals surface area contributed by atoms with Gasteiger partial charge >= 0.3 is 0 Å². The number of carbonyl (C=O) groups excluding carboxylic acids is 2. The SMILES string of the molecule is CCCCC1(CCCC)CC(=N)N(CCC2CCN(C(=O)c3ccco3)C2)C1=O. The second-order valence-corrected chi connectivity index (χ2v) is 8.74. The zero-order valence-electron chi connectivity index (χ0n) is 17.9. The molecule has 1 atom stereocenters. The molecule has 2 aliphatic rings. The van der Waals surface area contributed by atoms with E-state index in [2.05, 4.69) is 13.8 Å². The van der Waals surface area contributed by atoms with Gasteiger partial charge in [-0.2, -0.15) is 0 Å². The Morgan fingerprint density at radius 1 is 1.28 bits per heavy atom. The number of likely N-dealkylation sites (tertiary alicyclic amines) is 2.